The SMILES string of the molecule is CC(C)c1ccc(N(CC(=O)N/N=C\c2ccc(OCC(=O)NCCc3ccccc3)cc2)S(=O)(=O)c2ccccc2)cc1. The van der Waals surface area contributed by atoms with Gasteiger partial charge in [-0.1, -0.05) is 74.5 Å². The second-order valence-corrected chi connectivity index (χ2v) is 12.2. The maximum Gasteiger partial charge on any atom is 0.264 e. The van der Waals surface area contributed by atoms with Gasteiger partial charge in [0.15, 0.2) is 6.61 Å². The van der Waals surface area contributed by atoms with Crippen LogP contribution in [0.5, 0.6) is 5.75 Å². The van der Waals surface area contributed by atoms with Crippen molar-refractivity contribution in [1.29, 1.82) is 0 Å². The average molecular weight is 613 g/mol. The largest absolute Gasteiger partial charge is 0.484 e. The summed E-state index contributed by atoms with van der Waals surface area (Å²) in [5.41, 5.74) is 5.65. The number of nitrogens with one attached hydrogen (secondary N) is 2. The van der Waals surface area contributed by atoms with Crippen LogP contribution in [0, 0.1) is 0 Å². The van der Waals surface area contributed by atoms with Gasteiger partial charge in [0, 0.05) is 6.54 Å². The van der Waals surface area contributed by atoms with Crippen molar-refractivity contribution in [3.63, 3.8) is 0 Å². The van der Waals surface area contributed by atoms with Crippen LogP contribution in [0.4, 0.5) is 5.69 Å². The summed E-state index contributed by atoms with van der Waals surface area (Å²) in [7, 11) is -4.02. The minimum Gasteiger partial charge on any atom is -0.484 e. The van der Waals surface area contributed by atoms with Gasteiger partial charge in [0.1, 0.15) is 12.3 Å². The number of hydrazone groups is 1. The maximum absolute atomic E-state index is 13.5. The molecule has 0 saturated heterocycles. The normalized spacial score (nSPS) is 11.3. The molecule has 0 unspecified atom stereocenters. The fourth-order valence-corrected chi connectivity index (χ4v) is 5.69. The Morgan fingerprint density at radius 3 is 2.11 bits per heavy atom. The van der Waals surface area contributed by atoms with E-state index in [0.717, 1.165) is 21.9 Å². The Hall–Kier alpha value is -4.96. The third kappa shape index (κ3) is 9.27. The lowest BCUT2D eigenvalue weighted by Crippen LogP contribution is -2.39. The van der Waals surface area contributed by atoms with Crippen molar-refractivity contribution in [2.24, 2.45) is 5.10 Å². The van der Waals surface area contributed by atoms with Gasteiger partial charge >= 0.3 is 0 Å². The molecule has 0 bridgehead atoms. The molecule has 4 aromatic carbocycles. The predicted octanol–water partition coefficient (Wildman–Crippen LogP) is 4.89. The van der Waals surface area contributed by atoms with Gasteiger partial charge in [-0.2, -0.15) is 5.10 Å². The number of sulfonamides is 1. The van der Waals surface area contributed by atoms with E-state index in [1.165, 1.54) is 18.3 Å². The molecule has 2 N–H and O–H groups in total. The summed E-state index contributed by atoms with van der Waals surface area (Å²) in [5.74, 6) is -0.0359. The van der Waals surface area contributed by atoms with Gasteiger partial charge in [-0.3, -0.25) is 13.9 Å². The van der Waals surface area contributed by atoms with Gasteiger partial charge in [-0.05, 0) is 77.6 Å². The summed E-state index contributed by atoms with van der Waals surface area (Å²) in [5, 5.41) is 6.83. The van der Waals surface area contributed by atoms with Crippen LogP contribution in [0.3, 0.4) is 0 Å². The Bertz CT molecular complexity index is 1640. The fourth-order valence-electron chi connectivity index (χ4n) is 4.25. The molecule has 4 aromatic rings. The molecule has 2 amide bonds. The van der Waals surface area contributed by atoms with Crippen molar-refractivity contribution in [1.82, 2.24) is 10.7 Å². The first-order valence-corrected chi connectivity index (χ1v) is 15.7. The number of benzene rings is 4. The van der Waals surface area contributed by atoms with Crippen LogP contribution in [0.1, 0.15) is 36.5 Å². The summed E-state index contributed by atoms with van der Waals surface area (Å²) in [6.07, 6.45) is 2.18. The number of anilines is 1. The summed E-state index contributed by atoms with van der Waals surface area (Å²) < 4.78 is 33.6. The second-order valence-electron chi connectivity index (χ2n) is 10.3. The lowest BCUT2D eigenvalue weighted by atomic mass is 10.0. The first kappa shape index (κ1) is 32.0. The molecular weight excluding hydrogens is 576 g/mol. The molecule has 4 rings (SSSR count). The first-order valence-electron chi connectivity index (χ1n) is 14.3. The molecule has 0 aliphatic carbocycles. The molecule has 0 spiro atoms. The molecule has 10 heteroatoms. The van der Waals surface area contributed by atoms with Crippen LogP contribution in [0.15, 0.2) is 119 Å². The molecule has 228 valence electrons. The molecule has 0 atom stereocenters. The van der Waals surface area contributed by atoms with Gasteiger partial charge in [0.05, 0.1) is 16.8 Å². The zero-order valence-corrected chi connectivity index (χ0v) is 25.5. The zero-order valence-electron chi connectivity index (χ0n) is 24.7. The summed E-state index contributed by atoms with van der Waals surface area (Å²) >= 11 is 0. The van der Waals surface area contributed by atoms with Crippen molar-refractivity contribution in [3.05, 3.63) is 126 Å². The second kappa shape index (κ2) is 15.5. The van der Waals surface area contributed by atoms with E-state index < -0.39 is 22.5 Å². The van der Waals surface area contributed by atoms with E-state index >= 15 is 0 Å². The van der Waals surface area contributed by atoms with Crippen molar-refractivity contribution >= 4 is 33.7 Å². The van der Waals surface area contributed by atoms with Crippen molar-refractivity contribution < 1.29 is 22.7 Å². The number of nitrogens with zero attached hydrogens (tertiary/aromatic N) is 2. The summed E-state index contributed by atoms with van der Waals surface area (Å²) in [6.45, 7) is 4.05. The van der Waals surface area contributed by atoms with E-state index in [1.54, 1.807) is 54.6 Å². The molecular formula is C34H36N4O5S. The zero-order chi connectivity index (χ0) is 31.4. The van der Waals surface area contributed by atoms with Crippen LogP contribution < -0.4 is 19.8 Å². The van der Waals surface area contributed by atoms with Gasteiger partial charge < -0.3 is 10.1 Å². The van der Waals surface area contributed by atoms with E-state index in [0.29, 0.717) is 23.5 Å². The number of rotatable bonds is 14. The number of carbonyl (C=O) groups is 2. The number of carbonyl (C=O) groups excluding carboxylic acids is 2. The predicted molar refractivity (Wildman–Crippen MR) is 172 cm³/mol. The third-order valence-electron chi connectivity index (χ3n) is 6.70. The van der Waals surface area contributed by atoms with Gasteiger partial charge in [-0.15, -0.1) is 0 Å². The van der Waals surface area contributed by atoms with E-state index in [-0.39, 0.29) is 23.3 Å². The van der Waals surface area contributed by atoms with Crippen LogP contribution in [-0.2, 0) is 26.0 Å². The number of amides is 2. The molecule has 9 nitrogen and oxygen atoms in total. The number of hydrogen-bond donors (Lipinski definition) is 2. The third-order valence-corrected chi connectivity index (χ3v) is 8.49. The highest BCUT2D eigenvalue weighted by Gasteiger charge is 2.27. The topological polar surface area (TPSA) is 117 Å². The molecule has 0 radical (unpaired) electrons. The van der Waals surface area contributed by atoms with Crippen molar-refractivity contribution in [2.75, 3.05) is 24.0 Å². The molecule has 0 saturated carbocycles. The highest BCUT2D eigenvalue weighted by Crippen LogP contribution is 2.25. The number of ether oxygens (including phenoxy) is 1. The first-order chi connectivity index (χ1) is 21.2. The lowest BCUT2D eigenvalue weighted by Gasteiger charge is -2.24. The Labute approximate surface area is 258 Å². The summed E-state index contributed by atoms with van der Waals surface area (Å²) in [4.78, 5) is 25.0. The van der Waals surface area contributed by atoms with E-state index in [9.17, 15) is 18.0 Å². The van der Waals surface area contributed by atoms with Crippen LogP contribution >= 0.6 is 0 Å². The fraction of sp³-hybridized carbons (Fsp3) is 0.206. The molecule has 44 heavy (non-hydrogen) atoms. The van der Waals surface area contributed by atoms with Gasteiger partial charge in [0.2, 0.25) is 0 Å². The van der Waals surface area contributed by atoms with Crippen molar-refractivity contribution in [3.8, 4) is 5.75 Å². The maximum atomic E-state index is 13.5. The number of hydrogen-bond acceptors (Lipinski definition) is 6. The highest BCUT2D eigenvalue weighted by molar-refractivity contribution is 7.92. The van der Waals surface area contributed by atoms with Gasteiger partial charge in [-0.25, -0.2) is 13.8 Å². The monoisotopic (exact) mass is 612 g/mol. The van der Waals surface area contributed by atoms with Gasteiger partial charge in [0.25, 0.3) is 21.8 Å². The molecule has 0 aliphatic rings. The minimum absolute atomic E-state index is 0.0798. The minimum atomic E-state index is -4.02. The van der Waals surface area contributed by atoms with Crippen LogP contribution in [-0.4, -0.2) is 46.1 Å². The molecule has 0 aliphatic heterocycles. The molecule has 0 fully saturated rings. The quantitative estimate of drug-likeness (QED) is 0.155. The highest BCUT2D eigenvalue weighted by atomic mass is 32.2. The Morgan fingerprint density at radius 1 is 0.841 bits per heavy atom. The Morgan fingerprint density at radius 2 is 1.48 bits per heavy atom. The smallest absolute Gasteiger partial charge is 0.264 e. The standard InChI is InChI=1S/C34H36N4O5S/c1-26(2)29-15-17-30(18-16-29)38(44(41,42)32-11-7-4-8-12-32)24-33(39)37-36-23-28-13-19-31(20-14-28)43-25-34(40)35-22-21-27-9-5-3-6-10-27/h3-20,23,26H,21-22,24-25H2,1-2H3,(H,35,40)(H,37,39)/b36-23-. The van der Waals surface area contributed by atoms with Crippen LogP contribution in [0.2, 0.25) is 0 Å². The Kier molecular flexibility index (Phi) is 11.3. The average Bonchev–Trinajstić information content (AvgIpc) is 3.04. The van der Waals surface area contributed by atoms with E-state index in [1.807, 2.05) is 56.3 Å². The molecule has 0 aromatic heterocycles. The molecule has 0 heterocycles. The Balaban J connectivity index is 1.31. The van der Waals surface area contributed by atoms with E-state index in [2.05, 4.69) is 15.8 Å². The lowest BCUT2D eigenvalue weighted by molar-refractivity contribution is -0.123. The van der Waals surface area contributed by atoms with E-state index in [4.69, 9.17) is 4.74 Å². The summed E-state index contributed by atoms with van der Waals surface area (Å²) in [6, 6.07) is 31.8. The van der Waals surface area contributed by atoms with Crippen molar-refractivity contribution in [2.45, 2.75) is 31.1 Å². The van der Waals surface area contributed by atoms with Crippen LogP contribution in [0.25, 0.3) is 0 Å².